The minimum Gasteiger partial charge on any atom is -0.466 e. The average Bonchev–Trinajstić information content (AvgIpc) is 3.32. The molecule has 0 radical (unpaired) electrons. The van der Waals surface area contributed by atoms with Gasteiger partial charge in [0.15, 0.2) is 0 Å². The highest BCUT2D eigenvalue weighted by Crippen LogP contribution is 2.47. The molecule has 4 rings (SSSR count). The van der Waals surface area contributed by atoms with E-state index in [1.54, 1.807) is 0 Å². The van der Waals surface area contributed by atoms with Gasteiger partial charge in [0.05, 0.1) is 19.1 Å². The molecule has 0 amide bonds. The third-order valence-electron chi connectivity index (χ3n) is 7.18. The molecule has 5 nitrogen and oxygen atoms in total. The Kier molecular flexibility index (Phi) is 6.10. The SMILES string of the molecule is CCOC(=O)C[C@@H]1CC[C@H]2CC3=C(C#C[C@@H](O)C4CCCCC4)[C@H](O)C[C@@H]3N12. The molecule has 0 bridgehead atoms. The number of fused-ring (bicyclic) bond motifs is 3. The standard InChI is InChI=1S/C23H33NO4/c1-2-28-23(27)13-17-9-8-16-12-19-18(22(26)14-20(19)24(16)17)10-11-21(25)15-6-4-3-5-7-15/h15-17,20-22,25-26H,2-9,12-14H2,1H3/t16-,17-,20-,21+,22+/m0/s1. The number of hydrogen-bond acceptors (Lipinski definition) is 5. The van der Waals surface area contributed by atoms with E-state index in [0.29, 0.717) is 25.5 Å². The molecular weight excluding hydrogens is 354 g/mol. The summed E-state index contributed by atoms with van der Waals surface area (Å²) in [4.78, 5) is 14.4. The molecule has 2 saturated heterocycles. The lowest BCUT2D eigenvalue weighted by Crippen LogP contribution is -2.40. The fourth-order valence-electron chi connectivity index (χ4n) is 5.87. The zero-order valence-electron chi connectivity index (χ0n) is 16.9. The number of hydrogen-bond donors (Lipinski definition) is 2. The second-order valence-corrected chi connectivity index (χ2v) is 8.86. The topological polar surface area (TPSA) is 70.0 Å². The van der Waals surface area contributed by atoms with Gasteiger partial charge in [-0.2, -0.15) is 0 Å². The molecule has 2 heterocycles. The van der Waals surface area contributed by atoms with E-state index in [1.165, 1.54) is 24.8 Å². The lowest BCUT2D eigenvalue weighted by Gasteiger charge is -2.29. The Hall–Kier alpha value is -1.35. The largest absolute Gasteiger partial charge is 0.466 e. The van der Waals surface area contributed by atoms with Gasteiger partial charge >= 0.3 is 5.97 Å². The Balaban J connectivity index is 1.47. The first-order chi connectivity index (χ1) is 13.6. The highest BCUT2D eigenvalue weighted by atomic mass is 16.5. The third kappa shape index (κ3) is 3.87. The van der Waals surface area contributed by atoms with Crippen LogP contribution in [0.15, 0.2) is 11.1 Å². The third-order valence-corrected chi connectivity index (χ3v) is 7.18. The van der Waals surface area contributed by atoms with E-state index in [0.717, 1.165) is 37.7 Å². The Morgan fingerprint density at radius 1 is 1.25 bits per heavy atom. The summed E-state index contributed by atoms with van der Waals surface area (Å²) in [6.45, 7) is 2.26. The van der Waals surface area contributed by atoms with Crippen molar-refractivity contribution in [3.05, 3.63) is 11.1 Å². The van der Waals surface area contributed by atoms with Crippen molar-refractivity contribution < 1.29 is 19.7 Å². The van der Waals surface area contributed by atoms with Crippen molar-refractivity contribution >= 4 is 5.97 Å². The highest BCUT2D eigenvalue weighted by Gasteiger charge is 2.50. The van der Waals surface area contributed by atoms with E-state index in [2.05, 4.69) is 16.7 Å². The summed E-state index contributed by atoms with van der Waals surface area (Å²) in [5, 5.41) is 21.1. The number of ether oxygens (including phenoxy) is 1. The maximum atomic E-state index is 12.0. The van der Waals surface area contributed by atoms with Crippen LogP contribution in [0.3, 0.4) is 0 Å². The molecule has 28 heavy (non-hydrogen) atoms. The Bertz CT molecular complexity index is 684. The fourth-order valence-corrected chi connectivity index (χ4v) is 5.87. The molecule has 4 aliphatic rings. The second kappa shape index (κ2) is 8.57. The van der Waals surface area contributed by atoms with Crippen LogP contribution in [0, 0.1) is 17.8 Å². The Morgan fingerprint density at radius 2 is 2.04 bits per heavy atom. The van der Waals surface area contributed by atoms with Crippen molar-refractivity contribution in [2.24, 2.45) is 5.92 Å². The number of carbonyl (C=O) groups is 1. The summed E-state index contributed by atoms with van der Waals surface area (Å²) < 4.78 is 5.15. The molecule has 0 aromatic rings. The van der Waals surface area contributed by atoms with Gasteiger partial charge in [0.1, 0.15) is 6.10 Å². The number of esters is 1. The summed E-state index contributed by atoms with van der Waals surface area (Å²) in [5.74, 6) is 6.39. The normalized spacial score (nSPS) is 34.0. The first kappa shape index (κ1) is 19.9. The van der Waals surface area contributed by atoms with Gasteiger partial charge in [-0.05, 0) is 56.9 Å². The second-order valence-electron chi connectivity index (χ2n) is 8.86. The molecule has 5 heteroatoms. The molecule has 2 aliphatic carbocycles. The van der Waals surface area contributed by atoms with E-state index in [9.17, 15) is 15.0 Å². The van der Waals surface area contributed by atoms with Crippen LogP contribution in [0.25, 0.3) is 0 Å². The Morgan fingerprint density at radius 3 is 2.79 bits per heavy atom. The Labute approximate surface area is 168 Å². The van der Waals surface area contributed by atoms with Crippen molar-refractivity contribution in [3.63, 3.8) is 0 Å². The van der Waals surface area contributed by atoms with Crippen molar-refractivity contribution in [2.45, 2.75) is 101 Å². The van der Waals surface area contributed by atoms with Crippen LogP contribution < -0.4 is 0 Å². The number of carbonyl (C=O) groups excluding carboxylic acids is 1. The molecule has 0 aromatic carbocycles. The van der Waals surface area contributed by atoms with Gasteiger partial charge in [0.2, 0.25) is 0 Å². The zero-order valence-corrected chi connectivity index (χ0v) is 16.9. The summed E-state index contributed by atoms with van der Waals surface area (Å²) in [6.07, 6.45) is 8.74. The minimum absolute atomic E-state index is 0.125. The molecule has 3 fully saturated rings. The fraction of sp³-hybridized carbons (Fsp3) is 0.783. The average molecular weight is 388 g/mol. The molecule has 0 unspecified atom stereocenters. The summed E-state index contributed by atoms with van der Waals surface area (Å²) in [7, 11) is 0. The maximum Gasteiger partial charge on any atom is 0.307 e. The van der Waals surface area contributed by atoms with Crippen LogP contribution in [0.1, 0.15) is 71.1 Å². The van der Waals surface area contributed by atoms with Crippen LogP contribution in [-0.4, -0.2) is 58.0 Å². The lowest BCUT2D eigenvalue weighted by atomic mass is 9.85. The van der Waals surface area contributed by atoms with Crippen LogP contribution in [0.2, 0.25) is 0 Å². The molecular formula is C23H33NO4. The van der Waals surface area contributed by atoms with E-state index < -0.39 is 12.2 Å². The number of aliphatic hydroxyl groups excluding tert-OH is 2. The van der Waals surface area contributed by atoms with Crippen molar-refractivity contribution in [3.8, 4) is 11.8 Å². The van der Waals surface area contributed by atoms with Gasteiger partial charge < -0.3 is 14.9 Å². The number of aliphatic hydroxyl groups is 2. The van der Waals surface area contributed by atoms with Crippen LogP contribution >= 0.6 is 0 Å². The molecule has 2 aliphatic heterocycles. The van der Waals surface area contributed by atoms with Gasteiger partial charge in [-0.15, -0.1) is 0 Å². The smallest absolute Gasteiger partial charge is 0.307 e. The first-order valence-corrected chi connectivity index (χ1v) is 11.1. The first-order valence-electron chi connectivity index (χ1n) is 11.1. The quantitative estimate of drug-likeness (QED) is 0.573. The summed E-state index contributed by atoms with van der Waals surface area (Å²) in [5.41, 5.74) is 2.08. The predicted molar refractivity (Wildman–Crippen MR) is 106 cm³/mol. The number of nitrogens with zero attached hydrogens (tertiary/aromatic N) is 1. The molecule has 1 saturated carbocycles. The van der Waals surface area contributed by atoms with Crippen molar-refractivity contribution in [1.82, 2.24) is 4.90 Å². The molecule has 0 spiro atoms. The van der Waals surface area contributed by atoms with Gasteiger partial charge in [0.25, 0.3) is 0 Å². The van der Waals surface area contributed by atoms with E-state index in [1.807, 2.05) is 6.92 Å². The zero-order chi connectivity index (χ0) is 19.7. The number of rotatable bonds is 4. The summed E-state index contributed by atoms with van der Waals surface area (Å²) in [6, 6.07) is 0.851. The monoisotopic (exact) mass is 387 g/mol. The van der Waals surface area contributed by atoms with Crippen LogP contribution in [0.5, 0.6) is 0 Å². The van der Waals surface area contributed by atoms with Gasteiger partial charge in [-0.3, -0.25) is 9.69 Å². The van der Waals surface area contributed by atoms with E-state index in [4.69, 9.17) is 4.74 Å². The summed E-state index contributed by atoms with van der Waals surface area (Å²) >= 11 is 0. The van der Waals surface area contributed by atoms with Gasteiger partial charge in [0, 0.05) is 23.7 Å². The maximum absolute atomic E-state index is 12.0. The van der Waals surface area contributed by atoms with Crippen LogP contribution in [-0.2, 0) is 9.53 Å². The minimum atomic E-state index is -0.586. The molecule has 5 atom stereocenters. The van der Waals surface area contributed by atoms with Crippen LogP contribution in [0.4, 0.5) is 0 Å². The molecule has 2 N–H and O–H groups in total. The van der Waals surface area contributed by atoms with Gasteiger partial charge in [-0.1, -0.05) is 31.1 Å². The van der Waals surface area contributed by atoms with Crippen molar-refractivity contribution in [2.75, 3.05) is 6.61 Å². The van der Waals surface area contributed by atoms with E-state index >= 15 is 0 Å². The molecule has 0 aromatic heterocycles. The lowest BCUT2D eigenvalue weighted by molar-refractivity contribution is -0.144. The van der Waals surface area contributed by atoms with E-state index in [-0.39, 0.29) is 24.0 Å². The molecule has 154 valence electrons. The predicted octanol–water partition coefficient (Wildman–Crippen LogP) is 2.55. The highest BCUT2D eigenvalue weighted by molar-refractivity contribution is 5.70. The van der Waals surface area contributed by atoms with Crippen molar-refractivity contribution in [1.29, 1.82) is 0 Å². The van der Waals surface area contributed by atoms with Gasteiger partial charge in [-0.25, -0.2) is 0 Å².